The van der Waals surface area contributed by atoms with E-state index in [-0.39, 0.29) is 23.4 Å². The Morgan fingerprint density at radius 3 is 2.68 bits per heavy atom. The number of benzene rings is 2. The smallest absolute Gasteiger partial charge is 0.257 e. The number of carbonyl (C=O) groups is 2. The number of nitrogens with one attached hydrogen (secondary N) is 2. The molecule has 0 atom stereocenters. The molecule has 28 heavy (non-hydrogen) atoms. The highest BCUT2D eigenvalue weighted by Crippen LogP contribution is 2.25. The van der Waals surface area contributed by atoms with E-state index in [4.69, 9.17) is 0 Å². The lowest BCUT2D eigenvalue weighted by molar-refractivity contribution is -0.118. The number of halogens is 1. The van der Waals surface area contributed by atoms with Crippen LogP contribution in [-0.2, 0) is 11.3 Å². The first kappa shape index (κ1) is 20.0. The summed E-state index contributed by atoms with van der Waals surface area (Å²) in [6, 6.07) is 13.2. The van der Waals surface area contributed by atoms with Gasteiger partial charge in [-0.3, -0.25) is 14.9 Å². The summed E-state index contributed by atoms with van der Waals surface area (Å²) < 4.78 is 13.4. The SMILES string of the molecule is Cc1cccc(C(=O)Nc2nnc(SCC(=O)NCc3ccc(F)cc3)s2)c1. The second-order valence-electron chi connectivity index (χ2n) is 5.89. The Bertz CT molecular complexity index is 976. The quantitative estimate of drug-likeness (QED) is 0.454. The Morgan fingerprint density at radius 2 is 1.93 bits per heavy atom. The first-order valence-electron chi connectivity index (χ1n) is 8.35. The molecule has 0 aliphatic heterocycles. The van der Waals surface area contributed by atoms with Gasteiger partial charge in [0.15, 0.2) is 4.34 Å². The molecule has 0 fully saturated rings. The lowest BCUT2D eigenvalue weighted by Gasteiger charge is -2.04. The van der Waals surface area contributed by atoms with Crippen LogP contribution in [0.3, 0.4) is 0 Å². The van der Waals surface area contributed by atoms with E-state index >= 15 is 0 Å². The number of amides is 2. The fourth-order valence-electron chi connectivity index (χ4n) is 2.26. The average molecular weight is 417 g/mol. The lowest BCUT2D eigenvalue weighted by Crippen LogP contribution is -2.24. The van der Waals surface area contributed by atoms with Crippen LogP contribution in [0.5, 0.6) is 0 Å². The van der Waals surface area contributed by atoms with Crippen LogP contribution in [-0.4, -0.2) is 27.8 Å². The predicted octanol–water partition coefficient (Wildman–Crippen LogP) is 3.65. The summed E-state index contributed by atoms with van der Waals surface area (Å²) in [6.07, 6.45) is 0. The molecule has 2 aromatic carbocycles. The van der Waals surface area contributed by atoms with E-state index in [1.54, 1.807) is 24.3 Å². The van der Waals surface area contributed by atoms with Crippen LogP contribution in [0.1, 0.15) is 21.5 Å². The van der Waals surface area contributed by atoms with E-state index in [9.17, 15) is 14.0 Å². The van der Waals surface area contributed by atoms with Crippen molar-refractivity contribution in [2.75, 3.05) is 11.1 Å². The van der Waals surface area contributed by atoms with Crippen LogP contribution in [0.2, 0.25) is 0 Å². The molecule has 2 amide bonds. The topological polar surface area (TPSA) is 84.0 Å². The largest absolute Gasteiger partial charge is 0.351 e. The molecule has 0 saturated heterocycles. The van der Waals surface area contributed by atoms with E-state index in [1.165, 1.54) is 35.2 Å². The van der Waals surface area contributed by atoms with E-state index in [2.05, 4.69) is 20.8 Å². The number of thioether (sulfide) groups is 1. The molecule has 0 unspecified atom stereocenters. The zero-order chi connectivity index (χ0) is 19.9. The van der Waals surface area contributed by atoms with Crippen LogP contribution in [0.15, 0.2) is 52.9 Å². The fraction of sp³-hybridized carbons (Fsp3) is 0.158. The summed E-state index contributed by atoms with van der Waals surface area (Å²) in [5, 5.41) is 13.7. The Morgan fingerprint density at radius 1 is 1.14 bits per heavy atom. The molecule has 144 valence electrons. The monoisotopic (exact) mass is 416 g/mol. The van der Waals surface area contributed by atoms with E-state index in [0.29, 0.717) is 21.6 Å². The second kappa shape index (κ2) is 9.43. The number of nitrogens with zero attached hydrogens (tertiary/aromatic N) is 2. The molecule has 3 rings (SSSR count). The summed E-state index contributed by atoms with van der Waals surface area (Å²) in [5.41, 5.74) is 2.36. The normalized spacial score (nSPS) is 10.5. The highest BCUT2D eigenvalue weighted by molar-refractivity contribution is 8.01. The predicted molar refractivity (Wildman–Crippen MR) is 108 cm³/mol. The summed E-state index contributed by atoms with van der Waals surface area (Å²) in [5.74, 6) is -0.572. The minimum Gasteiger partial charge on any atom is -0.351 e. The number of aryl methyl sites for hydroxylation is 1. The molecule has 6 nitrogen and oxygen atoms in total. The number of carbonyl (C=O) groups excluding carboxylic acids is 2. The van der Waals surface area contributed by atoms with Gasteiger partial charge in [0.25, 0.3) is 5.91 Å². The van der Waals surface area contributed by atoms with Crippen molar-refractivity contribution in [3.63, 3.8) is 0 Å². The maximum absolute atomic E-state index is 12.9. The van der Waals surface area contributed by atoms with Gasteiger partial charge >= 0.3 is 0 Å². The third kappa shape index (κ3) is 5.86. The fourth-order valence-corrected chi connectivity index (χ4v) is 3.83. The molecule has 3 aromatic rings. The molecular weight excluding hydrogens is 399 g/mol. The zero-order valence-corrected chi connectivity index (χ0v) is 16.6. The number of rotatable bonds is 7. The van der Waals surface area contributed by atoms with Crippen LogP contribution in [0, 0.1) is 12.7 Å². The third-order valence-corrected chi connectivity index (χ3v) is 5.61. The van der Waals surface area contributed by atoms with Gasteiger partial charge in [0.2, 0.25) is 11.0 Å². The summed E-state index contributed by atoms with van der Waals surface area (Å²) in [7, 11) is 0. The zero-order valence-electron chi connectivity index (χ0n) is 14.9. The molecule has 9 heteroatoms. The van der Waals surface area contributed by atoms with E-state index < -0.39 is 0 Å². The van der Waals surface area contributed by atoms with Gasteiger partial charge in [-0.05, 0) is 36.8 Å². The minimum atomic E-state index is -0.313. The maximum atomic E-state index is 12.9. The average Bonchev–Trinajstić information content (AvgIpc) is 3.13. The first-order valence-corrected chi connectivity index (χ1v) is 10.2. The van der Waals surface area contributed by atoms with Gasteiger partial charge in [-0.1, -0.05) is 52.9 Å². The molecule has 0 bridgehead atoms. The third-order valence-electron chi connectivity index (χ3n) is 3.64. The maximum Gasteiger partial charge on any atom is 0.257 e. The number of hydrogen-bond acceptors (Lipinski definition) is 6. The highest BCUT2D eigenvalue weighted by Gasteiger charge is 2.12. The molecule has 0 aliphatic carbocycles. The van der Waals surface area contributed by atoms with Crippen molar-refractivity contribution in [1.29, 1.82) is 0 Å². The number of anilines is 1. The standard InChI is InChI=1S/C19H17FN4O2S2/c1-12-3-2-4-14(9-12)17(26)22-18-23-24-19(28-18)27-11-16(25)21-10-13-5-7-15(20)8-6-13/h2-9H,10-11H2,1H3,(H,21,25)(H,22,23,26). The molecular formula is C19H17FN4O2S2. The van der Waals surface area contributed by atoms with Gasteiger partial charge < -0.3 is 5.32 Å². The van der Waals surface area contributed by atoms with Crippen LogP contribution >= 0.6 is 23.1 Å². The molecule has 2 N–H and O–H groups in total. The van der Waals surface area contributed by atoms with Crippen LogP contribution in [0.25, 0.3) is 0 Å². The minimum absolute atomic E-state index is 0.168. The van der Waals surface area contributed by atoms with Crippen molar-refractivity contribution in [3.8, 4) is 0 Å². The van der Waals surface area contributed by atoms with Gasteiger partial charge in [-0.15, -0.1) is 10.2 Å². The van der Waals surface area contributed by atoms with Gasteiger partial charge in [-0.25, -0.2) is 4.39 Å². The first-order chi connectivity index (χ1) is 13.5. The van der Waals surface area contributed by atoms with Crippen molar-refractivity contribution in [2.24, 2.45) is 0 Å². The van der Waals surface area contributed by atoms with E-state index in [1.807, 2.05) is 19.1 Å². The lowest BCUT2D eigenvalue weighted by atomic mass is 10.1. The van der Waals surface area contributed by atoms with E-state index in [0.717, 1.165) is 11.1 Å². The van der Waals surface area contributed by atoms with Gasteiger partial charge in [-0.2, -0.15) is 0 Å². The molecule has 0 saturated carbocycles. The van der Waals surface area contributed by atoms with Crippen molar-refractivity contribution >= 4 is 40.0 Å². The second-order valence-corrected chi connectivity index (χ2v) is 8.09. The summed E-state index contributed by atoms with van der Waals surface area (Å²) in [6.45, 7) is 2.24. The van der Waals surface area contributed by atoms with Gasteiger partial charge in [0.1, 0.15) is 5.82 Å². The summed E-state index contributed by atoms with van der Waals surface area (Å²) >= 11 is 2.44. The molecule has 1 heterocycles. The highest BCUT2D eigenvalue weighted by atomic mass is 32.2. The molecule has 0 spiro atoms. The number of aromatic nitrogens is 2. The Kier molecular flexibility index (Phi) is 6.72. The van der Waals surface area contributed by atoms with Crippen molar-refractivity contribution < 1.29 is 14.0 Å². The van der Waals surface area contributed by atoms with Crippen molar-refractivity contribution in [2.45, 2.75) is 17.8 Å². The molecule has 1 aromatic heterocycles. The number of hydrogen-bond donors (Lipinski definition) is 2. The van der Waals surface area contributed by atoms with Crippen molar-refractivity contribution in [3.05, 3.63) is 71.0 Å². The van der Waals surface area contributed by atoms with Gasteiger partial charge in [0.05, 0.1) is 5.75 Å². The Balaban J connectivity index is 1.45. The van der Waals surface area contributed by atoms with Crippen molar-refractivity contribution in [1.82, 2.24) is 15.5 Å². The van der Waals surface area contributed by atoms with Crippen LogP contribution in [0.4, 0.5) is 9.52 Å². The van der Waals surface area contributed by atoms with Gasteiger partial charge in [0, 0.05) is 12.1 Å². The Labute approximate surface area is 169 Å². The molecule has 0 radical (unpaired) electrons. The summed E-state index contributed by atoms with van der Waals surface area (Å²) in [4.78, 5) is 24.2. The molecule has 0 aliphatic rings. The van der Waals surface area contributed by atoms with Crippen LogP contribution < -0.4 is 10.6 Å². The Hall–Kier alpha value is -2.78.